The summed E-state index contributed by atoms with van der Waals surface area (Å²) in [4.78, 5) is 3.92. The SMILES string of the molecule is CN=C(NN)NC(C)CC(C)C. The van der Waals surface area contributed by atoms with Crippen LogP contribution in [0.1, 0.15) is 27.2 Å². The van der Waals surface area contributed by atoms with Crippen LogP contribution >= 0.6 is 0 Å². The van der Waals surface area contributed by atoms with Gasteiger partial charge >= 0.3 is 0 Å². The minimum absolute atomic E-state index is 0.403. The Morgan fingerprint density at radius 3 is 2.33 bits per heavy atom. The average Bonchev–Trinajstić information content (AvgIpc) is 1.98. The molecule has 4 heteroatoms. The molecule has 0 aliphatic carbocycles. The van der Waals surface area contributed by atoms with Gasteiger partial charge in [0.2, 0.25) is 5.96 Å². The number of nitrogens with zero attached hydrogens (tertiary/aromatic N) is 1. The van der Waals surface area contributed by atoms with E-state index < -0.39 is 0 Å². The number of hydrazine groups is 1. The van der Waals surface area contributed by atoms with Crippen molar-refractivity contribution in [2.24, 2.45) is 16.8 Å². The Balaban J connectivity index is 3.74. The molecule has 0 saturated carbocycles. The molecule has 0 bridgehead atoms. The van der Waals surface area contributed by atoms with Gasteiger partial charge in [0.25, 0.3) is 0 Å². The van der Waals surface area contributed by atoms with Crippen LogP contribution in [-0.4, -0.2) is 19.0 Å². The summed E-state index contributed by atoms with van der Waals surface area (Å²) in [5, 5.41) is 3.16. The maximum atomic E-state index is 5.22. The molecule has 1 atom stereocenters. The molecule has 72 valence electrons. The fraction of sp³-hybridized carbons (Fsp3) is 0.875. The summed E-state index contributed by atoms with van der Waals surface area (Å²) in [6.45, 7) is 6.50. The summed E-state index contributed by atoms with van der Waals surface area (Å²) in [5.74, 6) is 6.54. The fourth-order valence-corrected chi connectivity index (χ4v) is 1.17. The van der Waals surface area contributed by atoms with Crippen LogP contribution in [0.3, 0.4) is 0 Å². The van der Waals surface area contributed by atoms with E-state index in [0.717, 1.165) is 6.42 Å². The van der Waals surface area contributed by atoms with Gasteiger partial charge in [0.05, 0.1) is 0 Å². The molecule has 4 N–H and O–H groups in total. The lowest BCUT2D eigenvalue weighted by Gasteiger charge is -2.17. The van der Waals surface area contributed by atoms with E-state index >= 15 is 0 Å². The van der Waals surface area contributed by atoms with Crippen molar-refractivity contribution in [3.63, 3.8) is 0 Å². The summed E-state index contributed by atoms with van der Waals surface area (Å²) in [7, 11) is 1.70. The molecule has 0 fully saturated rings. The lowest BCUT2D eigenvalue weighted by Crippen LogP contribution is -2.45. The molecule has 1 unspecified atom stereocenters. The second kappa shape index (κ2) is 5.83. The Morgan fingerprint density at radius 2 is 2.00 bits per heavy atom. The van der Waals surface area contributed by atoms with Gasteiger partial charge in [-0.1, -0.05) is 13.8 Å². The van der Waals surface area contributed by atoms with Crippen molar-refractivity contribution in [1.82, 2.24) is 10.7 Å². The van der Waals surface area contributed by atoms with Crippen LogP contribution in [-0.2, 0) is 0 Å². The summed E-state index contributed by atoms with van der Waals surface area (Å²) in [6.07, 6.45) is 1.11. The third-order valence-corrected chi connectivity index (χ3v) is 1.57. The Morgan fingerprint density at radius 1 is 1.42 bits per heavy atom. The van der Waals surface area contributed by atoms with E-state index in [1.807, 2.05) is 0 Å². The molecule has 0 saturated heterocycles. The first kappa shape index (κ1) is 11.2. The first-order valence-electron chi connectivity index (χ1n) is 4.30. The van der Waals surface area contributed by atoms with Gasteiger partial charge in [0.15, 0.2) is 0 Å². The lowest BCUT2D eigenvalue weighted by molar-refractivity contribution is 0.486. The Hall–Kier alpha value is -0.770. The summed E-state index contributed by atoms with van der Waals surface area (Å²) in [6, 6.07) is 0.403. The minimum Gasteiger partial charge on any atom is -0.353 e. The van der Waals surface area contributed by atoms with Crippen molar-refractivity contribution in [2.45, 2.75) is 33.2 Å². The van der Waals surface area contributed by atoms with Gasteiger partial charge in [0, 0.05) is 13.1 Å². The summed E-state index contributed by atoms with van der Waals surface area (Å²) < 4.78 is 0. The molecule has 12 heavy (non-hydrogen) atoms. The third kappa shape index (κ3) is 4.96. The minimum atomic E-state index is 0.403. The second-order valence-corrected chi connectivity index (χ2v) is 3.39. The normalized spacial score (nSPS) is 14.7. The summed E-state index contributed by atoms with van der Waals surface area (Å²) in [5.41, 5.74) is 2.49. The summed E-state index contributed by atoms with van der Waals surface area (Å²) >= 11 is 0. The maximum absolute atomic E-state index is 5.22. The largest absolute Gasteiger partial charge is 0.353 e. The van der Waals surface area contributed by atoms with Gasteiger partial charge in [-0.05, 0) is 19.3 Å². The van der Waals surface area contributed by atoms with Crippen molar-refractivity contribution in [3.8, 4) is 0 Å². The molecule has 0 rings (SSSR count). The average molecular weight is 172 g/mol. The van der Waals surface area contributed by atoms with Gasteiger partial charge in [0.1, 0.15) is 0 Å². The maximum Gasteiger partial charge on any atom is 0.205 e. The van der Waals surface area contributed by atoms with E-state index in [2.05, 4.69) is 36.5 Å². The fourth-order valence-electron chi connectivity index (χ4n) is 1.17. The Kier molecular flexibility index (Phi) is 5.45. The highest BCUT2D eigenvalue weighted by Gasteiger charge is 2.05. The van der Waals surface area contributed by atoms with Crippen molar-refractivity contribution < 1.29 is 0 Å². The van der Waals surface area contributed by atoms with Crippen LogP contribution in [0.5, 0.6) is 0 Å². The molecule has 0 radical (unpaired) electrons. The van der Waals surface area contributed by atoms with E-state index in [1.54, 1.807) is 7.05 Å². The second-order valence-electron chi connectivity index (χ2n) is 3.39. The van der Waals surface area contributed by atoms with E-state index in [9.17, 15) is 0 Å². The smallest absolute Gasteiger partial charge is 0.205 e. The van der Waals surface area contributed by atoms with Crippen molar-refractivity contribution in [2.75, 3.05) is 7.05 Å². The highest BCUT2D eigenvalue weighted by Crippen LogP contribution is 2.02. The topological polar surface area (TPSA) is 62.4 Å². The molecular weight excluding hydrogens is 152 g/mol. The Bertz CT molecular complexity index is 142. The van der Waals surface area contributed by atoms with Gasteiger partial charge in [-0.2, -0.15) is 0 Å². The van der Waals surface area contributed by atoms with Crippen LogP contribution < -0.4 is 16.6 Å². The number of guanidine groups is 1. The van der Waals surface area contributed by atoms with E-state index in [1.165, 1.54) is 0 Å². The third-order valence-electron chi connectivity index (χ3n) is 1.57. The van der Waals surface area contributed by atoms with Crippen molar-refractivity contribution in [3.05, 3.63) is 0 Å². The van der Waals surface area contributed by atoms with E-state index in [-0.39, 0.29) is 0 Å². The van der Waals surface area contributed by atoms with Gasteiger partial charge in [-0.15, -0.1) is 0 Å². The number of hydrogen-bond acceptors (Lipinski definition) is 2. The van der Waals surface area contributed by atoms with Crippen LogP contribution in [0.25, 0.3) is 0 Å². The molecule has 0 aromatic rings. The standard InChI is InChI=1S/C8H20N4/c1-6(2)5-7(3)11-8(10-4)12-9/h6-7H,5,9H2,1-4H3,(H2,10,11,12). The van der Waals surface area contributed by atoms with Crippen LogP contribution in [0.4, 0.5) is 0 Å². The number of aliphatic imine (C=N–C) groups is 1. The lowest BCUT2D eigenvalue weighted by atomic mass is 10.1. The molecule has 0 aliphatic rings. The van der Waals surface area contributed by atoms with Gasteiger partial charge in [-0.3, -0.25) is 10.4 Å². The quantitative estimate of drug-likeness (QED) is 0.251. The van der Waals surface area contributed by atoms with Crippen LogP contribution in [0.2, 0.25) is 0 Å². The molecule has 0 aromatic heterocycles. The number of hydrogen-bond donors (Lipinski definition) is 3. The molecule has 0 spiro atoms. The number of rotatable bonds is 3. The van der Waals surface area contributed by atoms with Crippen LogP contribution in [0.15, 0.2) is 4.99 Å². The predicted octanol–water partition coefficient (Wildman–Crippen LogP) is 0.460. The van der Waals surface area contributed by atoms with E-state index in [0.29, 0.717) is 17.9 Å². The molecular formula is C8H20N4. The highest BCUT2D eigenvalue weighted by atomic mass is 15.3. The number of nitrogens with two attached hydrogens (primary N) is 1. The molecule has 0 aromatic carbocycles. The first-order chi connectivity index (χ1) is 5.60. The zero-order valence-corrected chi connectivity index (χ0v) is 8.39. The monoisotopic (exact) mass is 172 g/mol. The first-order valence-corrected chi connectivity index (χ1v) is 4.30. The highest BCUT2D eigenvalue weighted by molar-refractivity contribution is 5.79. The molecule has 0 amide bonds. The van der Waals surface area contributed by atoms with Crippen molar-refractivity contribution in [1.29, 1.82) is 0 Å². The molecule has 0 heterocycles. The van der Waals surface area contributed by atoms with Gasteiger partial charge in [-0.25, -0.2) is 5.84 Å². The Labute approximate surface area is 74.6 Å². The zero-order chi connectivity index (χ0) is 9.56. The van der Waals surface area contributed by atoms with Crippen molar-refractivity contribution >= 4 is 5.96 Å². The number of nitrogens with one attached hydrogen (secondary N) is 2. The molecule has 0 aliphatic heterocycles. The molecule has 4 nitrogen and oxygen atoms in total. The van der Waals surface area contributed by atoms with Gasteiger partial charge < -0.3 is 5.32 Å². The zero-order valence-electron chi connectivity index (χ0n) is 8.39. The van der Waals surface area contributed by atoms with Crippen LogP contribution in [0, 0.1) is 5.92 Å². The predicted molar refractivity (Wildman–Crippen MR) is 52.7 cm³/mol. The van der Waals surface area contributed by atoms with E-state index in [4.69, 9.17) is 5.84 Å².